The summed E-state index contributed by atoms with van der Waals surface area (Å²) in [5, 5.41) is 10.7. The van der Waals surface area contributed by atoms with Crippen LogP contribution in [0.4, 0.5) is 5.00 Å². The predicted molar refractivity (Wildman–Crippen MR) is 102 cm³/mol. The standard InChI is InChI=1S/C16H16BrNO7S2/c1-16(2,3)25-10-5-9(17)6-11(7-10)27(22,23)13-8-12(15(19)24-4)26-14(13)18(20)21/h5-8H,1-4H3. The summed E-state index contributed by atoms with van der Waals surface area (Å²) in [6.07, 6.45) is 0. The zero-order chi connectivity index (χ0) is 20.6. The molecular formula is C16H16BrNO7S2. The summed E-state index contributed by atoms with van der Waals surface area (Å²) < 4.78 is 36.7. The minimum absolute atomic E-state index is 0.177. The lowest BCUT2D eigenvalue weighted by atomic mass is 10.2. The van der Waals surface area contributed by atoms with Gasteiger partial charge in [-0.1, -0.05) is 27.3 Å². The number of carbonyl (C=O) groups excluding carboxylic acids is 1. The first kappa shape index (κ1) is 21.3. The van der Waals surface area contributed by atoms with E-state index in [2.05, 4.69) is 20.7 Å². The van der Waals surface area contributed by atoms with Crippen LogP contribution >= 0.6 is 27.3 Å². The molecular weight excluding hydrogens is 462 g/mol. The van der Waals surface area contributed by atoms with Gasteiger partial charge in [-0.15, -0.1) is 0 Å². The van der Waals surface area contributed by atoms with E-state index in [9.17, 15) is 23.3 Å². The molecule has 0 radical (unpaired) electrons. The normalized spacial score (nSPS) is 11.9. The molecule has 1 aromatic carbocycles. The summed E-state index contributed by atoms with van der Waals surface area (Å²) in [4.78, 5) is 21.2. The van der Waals surface area contributed by atoms with Gasteiger partial charge in [0.25, 0.3) is 0 Å². The van der Waals surface area contributed by atoms with Crippen LogP contribution in [0.5, 0.6) is 5.75 Å². The molecule has 0 saturated carbocycles. The highest BCUT2D eigenvalue weighted by Crippen LogP contribution is 2.39. The SMILES string of the molecule is COC(=O)c1cc(S(=O)(=O)c2cc(Br)cc(OC(C)(C)C)c2)c([N+](=O)[O-])s1. The van der Waals surface area contributed by atoms with Crippen molar-refractivity contribution in [3.05, 3.63) is 43.7 Å². The van der Waals surface area contributed by atoms with Crippen LogP contribution in [0.15, 0.2) is 38.5 Å². The Bertz CT molecular complexity index is 1010. The molecule has 0 amide bonds. The Labute approximate surface area is 168 Å². The first-order valence-corrected chi connectivity index (χ1v) is 10.6. The second-order valence-corrected chi connectivity index (χ2v) is 10.2. The van der Waals surface area contributed by atoms with E-state index < -0.39 is 36.2 Å². The van der Waals surface area contributed by atoms with Crippen molar-refractivity contribution in [1.29, 1.82) is 0 Å². The number of sulfone groups is 1. The fourth-order valence-corrected chi connectivity index (χ4v) is 5.44. The van der Waals surface area contributed by atoms with Crippen molar-refractivity contribution >= 4 is 48.1 Å². The summed E-state index contributed by atoms with van der Waals surface area (Å²) in [7, 11) is -3.18. The van der Waals surface area contributed by atoms with Crippen LogP contribution in [0.3, 0.4) is 0 Å². The number of carbonyl (C=O) groups is 1. The van der Waals surface area contributed by atoms with Gasteiger partial charge in [0.1, 0.15) is 16.2 Å². The van der Waals surface area contributed by atoms with Crippen molar-refractivity contribution in [1.82, 2.24) is 0 Å². The molecule has 0 atom stereocenters. The van der Waals surface area contributed by atoms with Gasteiger partial charge in [0.05, 0.1) is 16.9 Å². The number of hydrogen-bond acceptors (Lipinski definition) is 8. The summed E-state index contributed by atoms with van der Waals surface area (Å²) in [6, 6.07) is 5.13. The molecule has 8 nitrogen and oxygen atoms in total. The van der Waals surface area contributed by atoms with Crippen LogP contribution in [-0.4, -0.2) is 32.0 Å². The van der Waals surface area contributed by atoms with Crippen LogP contribution in [0, 0.1) is 10.1 Å². The second-order valence-electron chi connectivity index (χ2n) is 6.37. The third-order valence-electron chi connectivity index (χ3n) is 3.10. The van der Waals surface area contributed by atoms with Crippen LogP contribution < -0.4 is 4.74 Å². The van der Waals surface area contributed by atoms with E-state index in [1.807, 2.05) is 0 Å². The molecule has 0 aliphatic rings. The van der Waals surface area contributed by atoms with Crippen LogP contribution in [-0.2, 0) is 14.6 Å². The Balaban J connectivity index is 2.64. The van der Waals surface area contributed by atoms with Gasteiger partial charge in [-0.25, -0.2) is 13.2 Å². The zero-order valence-corrected chi connectivity index (χ0v) is 18.0. The molecule has 146 valence electrons. The van der Waals surface area contributed by atoms with Crippen LogP contribution in [0.1, 0.15) is 30.4 Å². The average molecular weight is 478 g/mol. The van der Waals surface area contributed by atoms with Gasteiger partial charge >= 0.3 is 11.0 Å². The number of thiophene rings is 1. The van der Waals surface area contributed by atoms with E-state index in [-0.39, 0.29) is 15.5 Å². The smallest absolute Gasteiger partial charge is 0.348 e. The monoisotopic (exact) mass is 477 g/mol. The molecule has 11 heteroatoms. The molecule has 0 aliphatic carbocycles. The molecule has 2 rings (SSSR count). The lowest BCUT2D eigenvalue weighted by molar-refractivity contribution is -0.383. The average Bonchev–Trinajstić information content (AvgIpc) is 2.98. The Kier molecular flexibility index (Phi) is 5.97. The van der Waals surface area contributed by atoms with E-state index in [1.54, 1.807) is 26.8 Å². The fraction of sp³-hybridized carbons (Fsp3) is 0.312. The molecule has 27 heavy (non-hydrogen) atoms. The van der Waals surface area contributed by atoms with Gasteiger partial charge in [-0.2, -0.15) is 0 Å². The number of benzene rings is 1. The molecule has 0 spiro atoms. The van der Waals surface area contributed by atoms with E-state index in [1.165, 1.54) is 12.1 Å². The molecule has 1 heterocycles. The molecule has 0 unspecified atom stereocenters. The highest BCUT2D eigenvalue weighted by Gasteiger charge is 2.33. The van der Waals surface area contributed by atoms with Crippen molar-refractivity contribution < 1.29 is 27.6 Å². The maximum atomic E-state index is 13.0. The number of nitrogens with zero attached hydrogens (tertiary/aromatic N) is 1. The van der Waals surface area contributed by atoms with Crippen LogP contribution in [0.25, 0.3) is 0 Å². The third kappa shape index (κ3) is 4.85. The van der Waals surface area contributed by atoms with Crippen molar-refractivity contribution in [2.45, 2.75) is 36.2 Å². The lowest BCUT2D eigenvalue weighted by Gasteiger charge is -2.21. The van der Waals surface area contributed by atoms with Crippen LogP contribution in [0.2, 0.25) is 0 Å². The van der Waals surface area contributed by atoms with E-state index in [0.717, 1.165) is 13.2 Å². The quantitative estimate of drug-likeness (QED) is 0.359. The first-order chi connectivity index (χ1) is 12.3. The number of hydrogen-bond donors (Lipinski definition) is 0. The van der Waals surface area contributed by atoms with Gasteiger partial charge < -0.3 is 9.47 Å². The number of ether oxygens (including phenoxy) is 2. The topological polar surface area (TPSA) is 113 Å². The van der Waals surface area contributed by atoms with Crippen molar-refractivity contribution in [3.63, 3.8) is 0 Å². The minimum atomic E-state index is -4.29. The number of halogens is 1. The molecule has 2 aromatic rings. The number of rotatable bonds is 5. The summed E-state index contributed by atoms with van der Waals surface area (Å²) >= 11 is 3.67. The molecule has 0 fully saturated rings. The van der Waals surface area contributed by atoms with Gasteiger partial charge in [0, 0.05) is 4.47 Å². The highest BCUT2D eigenvalue weighted by atomic mass is 79.9. The fourth-order valence-electron chi connectivity index (χ4n) is 2.12. The predicted octanol–water partition coefficient (Wildman–Crippen LogP) is 4.22. The van der Waals surface area contributed by atoms with E-state index in [4.69, 9.17) is 4.74 Å². The third-order valence-corrected chi connectivity index (χ3v) is 6.50. The number of methoxy groups -OCH3 is 1. The van der Waals surface area contributed by atoms with Crippen molar-refractivity contribution in [2.24, 2.45) is 0 Å². The summed E-state index contributed by atoms with van der Waals surface area (Å²) in [5.74, 6) is -0.572. The van der Waals surface area contributed by atoms with E-state index in [0.29, 0.717) is 15.8 Å². The highest BCUT2D eigenvalue weighted by molar-refractivity contribution is 9.10. The Morgan fingerprint density at radius 2 is 1.85 bits per heavy atom. The molecule has 1 aromatic heterocycles. The second kappa shape index (κ2) is 7.56. The maximum absolute atomic E-state index is 13.0. The molecule has 0 N–H and O–H groups in total. The first-order valence-electron chi connectivity index (χ1n) is 7.46. The summed E-state index contributed by atoms with van der Waals surface area (Å²) in [5.41, 5.74) is -0.575. The Morgan fingerprint density at radius 1 is 1.22 bits per heavy atom. The van der Waals surface area contributed by atoms with Gasteiger partial charge in [-0.05, 0) is 45.0 Å². The molecule has 0 aliphatic heterocycles. The lowest BCUT2D eigenvalue weighted by Crippen LogP contribution is -2.23. The zero-order valence-electron chi connectivity index (χ0n) is 14.8. The van der Waals surface area contributed by atoms with Gasteiger partial charge in [0.15, 0.2) is 4.90 Å². The number of esters is 1. The van der Waals surface area contributed by atoms with Crippen molar-refractivity contribution in [2.75, 3.05) is 7.11 Å². The van der Waals surface area contributed by atoms with Gasteiger partial charge in [-0.3, -0.25) is 10.1 Å². The molecule has 0 bridgehead atoms. The van der Waals surface area contributed by atoms with Gasteiger partial charge in [0.2, 0.25) is 9.84 Å². The Morgan fingerprint density at radius 3 is 2.37 bits per heavy atom. The van der Waals surface area contributed by atoms with E-state index >= 15 is 0 Å². The van der Waals surface area contributed by atoms with Crippen molar-refractivity contribution in [3.8, 4) is 5.75 Å². The minimum Gasteiger partial charge on any atom is -0.488 e. The molecule has 0 saturated heterocycles. The largest absolute Gasteiger partial charge is 0.488 e. The Hall–Kier alpha value is -1.98. The maximum Gasteiger partial charge on any atom is 0.348 e. The summed E-state index contributed by atoms with van der Waals surface area (Å²) in [6.45, 7) is 5.40. The number of nitro groups is 1.